The van der Waals surface area contributed by atoms with Crippen molar-refractivity contribution in [3.8, 4) is 0 Å². The molecule has 1 N–H and O–H groups in total. The summed E-state index contributed by atoms with van der Waals surface area (Å²) in [4.78, 5) is 12.5. The fourth-order valence-electron chi connectivity index (χ4n) is 2.64. The van der Waals surface area contributed by atoms with Crippen LogP contribution >= 0.6 is 0 Å². The standard InChI is InChI=1S/C16H17N3O2/c1-18-9-8-13-10-12(2-7-16(13)18)11-17-14-3-5-15(6-4-14)19(20)21/h2-7,10,17H,8-9,11H2,1H3. The van der Waals surface area contributed by atoms with Gasteiger partial charge >= 0.3 is 0 Å². The van der Waals surface area contributed by atoms with E-state index in [9.17, 15) is 10.1 Å². The summed E-state index contributed by atoms with van der Waals surface area (Å²) in [6, 6.07) is 13.0. The molecule has 0 amide bonds. The van der Waals surface area contributed by atoms with E-state index in [1.807, 2.05) is 0 Å². The number of anilines is 2. The highest BCUT2D eigenvalue weighted by atomic mass is 16.6. The van der Waals surface area contributed by atoms with Crippen molar-refractivity contribution in [2.75, 3.05) is 23.8 Å². The molecule has 108 valence electrons. The number of likely N-dealkylation sites (N-methyl/N-ethyl adjacent to an activating group) is 1. The number of nitro groups is 1. The maximum absolute atomic E-state index is 10.6. The van der Waals surface area contributed by atoms with E-state index < -0.39 is 0 Å². The molecule has 0 aliphatic carbocycles. The Kier molecular flexibility index (Phi) is 3.48. The summed E-state index contributed by atoms with van der Waals surface area (Å²) < 4.78 is 0. The molecule has 5 heteroatoms. The van der Waals surface area contributed by atoms with Gasteiger partial charge in [0.05, 0.1) is 4.92 Å². The molecule has 21 heavy (non-hydrogen) atoms. The van der Waals surface area contributed by atoms with Crippen LogP contribution < -0.4 is 10.2 Å². The van der Waals surface area contributed by atoms with E-state index in [-0.39, 0.29) is 10.6 Å². The van der Waals surface area contributed by atoms with Crippen LogP contribution in [0.2, 0.25) is 0 Å². The van der Waals surface area contributed by atoms with Crippen LogP contribution in [0, 0.1) is 10.1 Å². The van der Waals surface area contributed by atoms with Crippen molar-refractivity contribution in [1.82, 2.24) is 0 Å². The summed E-state index contributed by atoms with van der Waals surface area (Å²) in [7, 11) is 2.11. The lowest BCUT2D eigenvalue weighted by Gasteiger charge is -2.12. The zero-order valence-electron chi connectivity index (χ0n) is 11.9. The summed E-state index contributed by atoms with van der Waals surface area (Å²) >= 11 is 0. The maximum atomic E-state index is 10.6. The predicted octanol–water partition coefficient (Wildman–Crippen LogP) is 3.20. The maximum Gasteiger partial charge on any atom is 0.269 e. The topological polar surface area (TPSA) is 58.4 Å². The molecule has 0 unspecified atom stereocenters. The Labute approximate surface area is 123 Å². The third-order valence-corrected chi connectivity index (χ3v) is 3.85. The summed E-state index contributed by atoms with van der Waals surface area (Å²) in [5, 5.41) is 13.9. The summed E-state index contributed by atoms with van der Waals surface area (Å²) in [5.74, 6) is 0. The van der Waals surface area contributed by atoms with Crippen molar-refractivity contribution in [2.24, 2.45) is 0 Å². The van der Waals surface area contributed by atoms with Crippen molar-refractivity contribution in [3.63, 3.8) is 0 Å². The lowest BCUT2D eigenvalue weighted by atomic mass is 10.1. The molecule has 0 spiro atoms. The van der Waals surface area contributed by atoms with E-state index in [2.05, 4.69) is 35.5 Å². The number of hydrogen-bond donors (Lipinski definition) is 1. The zero-order chi connectivity index (χ0) is 14.8. The number of nitrogens with one attached hydrogen (secondary N) is 1. The molecule has 0 fully saturated rings. The Balaban J connectivity index is 1.66. The predicted molar refractivity (Wildman–Crippen MR) is 83.8 cm³/mol. The molecule has 1 heterocycles. The highest BCUT2D eigenvalue weighted by molar-refractivity contribution is 5.59. The fraction of sp³-hybridized carbons (Fsp3) is 0.250. The molecular weight excluding hydrogens is 266 g/mol. The second kappa shape index (κ2) is 5.44. The molecule has 0 atom stereocenters. The quantitative estimate of drug-likeness (QED) is 0.691. The van der Waals surface area contributed by atoms with Gasteiger partial charge < -0.3 is 10.2 Å². The highest BCUT2D eigenvalue weighted by Gasteiger charge is 2.15. The van der Waals surface area contributed by atoms with Gasteiger partial charge in [-0.2, -0.15) is 0 Å². The highest BCUT2D eigenvalue weighted by Crippen LogP contribution is 2.27. The monoisotopic (exact) mass is 283 g/mol. The van der Waals surface area contributed by atoms with Crippen LogP contribution in [-0.4, -0.2) is 18.5 Å². The van der Waals surface area contributed by atoms with E-state index in [0.717, 1.165) is 25.2 Å². The molecule has 1 aliphatic heterocycles. The molecular formula is C16H17N3O2. The van der Waals surface area contributed by atoms with Crippen LogP contribution in [0.25, 0.3) is 0 Å². The van der Waals surface area contributed by atoms with Crippen LogP contribution in [0.1, 0.15) is 11.1 Å². The lowest BCUT2D eigenvalue weighted by molar-refractivity contribution is -0.384. The SMILES string of the molecule is CN1CCc2cc(CNc3ccc([N+](=O)[O-])cc3)ccc21. The summed E-state index contributed by atoms with van der Waals surface area (Å²) in [6.07, 6.45) is 1.09. The molecule has 0 saturated heterocycles. The van der Waals surface area contributed by atoms with Crippen LogP contribution in [-0.2, 0) is 13.0 Å². The van der Waals surface area contributed by atoms with Gasteiger partial charge in [-0.3, -0.25) is 10.1 Å². The van der Waals surface area contributed by atoms with Crippen molar-refractivity contribution in [2.45, 2.75) is 13.0 Å². The minimum Gasteiger partial charge on any atom is -0.381 e. The van der Waals surface area contributed by atoms with Crippen LogP contribution in [0.4, 0.5) is 17.1 Å². The Bertz CT molecular complexity index is 668. The molecule has 2 aromatic carbocycles. The van der Waals surface area contributed by atoms with Crippen LogP contribution in [0.3, 0.4) is 0 Å². The number of rotatable bonds is 4. The lowest BCUT2D eigenvalue weighted by Crippen LogP contribution is -2.12. The zero-order valence-corrected chi connectivity index (χ0v) is 11.9. The minimum absolute atomic E-state index is 0.112. The summed E-state index contributed by atoms with van der Waals surface area (Å²) in [5.41, 5.74) is 4.93. The van der Waals surface area contributed by atoms with Gasteiger partial charge in [-0.15, -0.1) is 0 Å². The fourth-order valence-corrected chi connectivity index (χ4v) is 2.64. The average molecular weight is 283 g/mol. The van der Waals surface area contributed by atoms with Crippen molar-refractivity contribution in [3.05, 3.63) is 63.7 Å². The number of nitro benzene ring substituents is 1. The first-order valence-electron chi connectivity index (χ1n) is 6.95. The Morgan fingerprint density at radius 3 is 2.71 bits per heavy atom. The van der Waals surface area contributed by atoms with Gasteiger partial charge in [0, 0.05) is 43.6 Å². The molecule has 1 aliphatic rings. The van der Waals surface area contributed by atoms with E-state index in [1.165, 1.54) is 28.9 Å². The molecule has 0 saturated carbocycles. The molecule has 3 rings (SSSR count). The number of benzene rings is 2. The summed E-state index contributed by atoms with van der Waals surface area (Å²) in [6.45, 7) is 1.80. The largest absolute Gasteiger partial charge is 0.381 e. The second-order valence-electron chi connectivity index (χ2n) is 5.29. The van der Waals surface area contributed by atoms with Gasteiger partial charge in [-0.25, -0.2) is 0 Å². The van der Waals surface area contributed by atoms with Gasteiger partial charge in [0.1, 0.15) is 0 Å². The van der Waals surface area contributed by atoms with E-state index in [4.69, 9.17) is 0 Å². The second-order valence-corrected chi connectivity index (χ2v) is 5.29. The molecule has 5 nitrogen and oxygen atoms in total. The number of hydrogen-bond acceptors (Lipinski definition) is 4. The number of fused-ring (bicyclic) bond motifs is 1. The third-order valence-electron chi connectivity index (χ3n) is 3.85. The third kappa shape index (κ3) is 2.81. The number of nitrogens with zero attached hydrogens (tertiary/aromatic N) is 2. The Hall–Kier alpha value is -2.56. The van der Waals surface area contributed by atoms with Gasteiger partial charge in [-0.1, -0.05) is 12.1 Å². The van der Waals surface area contributed by atoms with E-state index in [1.54, 1.807) is 12.1 Å². The average Bonchev–Trinajstić information content (AvgIpc) is 2.86. The van der Waals surface area contributed by atoms with Gasteiger partial charge in [0.25, 0.3) is 5.69 Å². The van der Waals surface area contributed by atoms with E-state index in [0.29, 0.717) is 0 Å². The smallest absolute Gasteiger partial charge is 0.269 e. The van der Waals surface area contributed by atoms with Crippen molar-refractivity contribution >= 4 is 17.1 Å². The van der Waals surface area contributed by atoms with Gasteiger partial charge in [0.2, 0.25) is 0 Å². The van der Waals surface area contributed by atoms with Crippen molar-refractivity contribution < 1.29 is 4.92 Å². The first-order valence-corrected chi connectivity index (χ1v) is 6.95. The van der Waals surface area contributed by atoms with E-state index >= 15 is 0 Å². The Morgan fingerprint density at radius 1 is 1.24 bits per heavy atom. The molecule has 0 bridgehead atoms. The normalized spacial score (nSPS) is 13.1. The molecule has 0 aromatic heterocycles. The van der Waals surface area contributed by atoms with Crippen molar-refractivity contribution in [1.29, 1.82) is 0 Å². The molecule has 2 aromatic rings. The minimum atomic E-state index is -0.388. The van der Waals surface area contributed by atoms with Crippen LogP contribution in [0.15, 0.2) is 42.5 Å². The van der Waals surface area contributed by atoms with Gasteiger partial charge in [0.15, 0.2) is 0 Å². The Morgan fingerprint density at radius 2 is 2.00 bits per heavy atom. The first-order chi connectivity index (χ1) is 10.1. The van der Waals surface area contributed by atoms with Crippen LogP contribution in [0.5, 0.6) is 0 Å². The van der Waals surface area contributed by atoms with Gasteiger partial charge in [-0.05, 0) is 35.7 Å². The number of non-ortho nitro benzene ring substituents is 1. The molecule has 0 radical (unpaired) electrons. The first kappa shape index (κ1) is 13.4.